The summed E-state index contributed by atoms with van der Waals surface area (Å²) in [5.41, 5.74) is 12.2. The van der Waals surface area contributed by atoms with Crippen molar-refractivity contribution in [3.63, 3.8) is 0 Å². The molecule has 5 aliphatic heterocycles. The zero-order valence-electron chi connectivity index (χ0n) is 30.0. The summed E-state index contributed by atoms with van der Waals surface area (Å²) in [6, 6.07) is 8.52. The number of amides is 4. The highest BCUT2D eigenvalue weighted by atomic mass is 16.5. The number of hydrogen-bond donors (Lipinski definition) is 2. The van der Waals surface area contributed by atoms with Crippen LogP contribution < -0.4 is 25.6 Å². The van der Waals surface area contributed by atoms with Crippen molar-refractivity contribution in [2.75, 3.05) is 81.7 Å². The third kappa shape index (κ3) is 6.27. The summed E-state index contributed by atoms with van der Waals surface area (Å²) in [5.74, 6) is -1.22. The zero-order valence-corrected chi connectivity index (χ0v) is 30.0. The van der Waals surface area contributed by atoms with E-state index in [1.807, 2.05) is 36.3 Å². The smallest absolute Gasteiger partial charge is 0.262 e. The molecular weight excluding hydrogens is 662 g/mol. The lowest BCUT2D eigenvalue weighted by Crippen LogP contribution is -2.54. The number of nitrogen functional groups attached to an aromatic ring is 1. The number of aromatic nitrogens is 2. The van der Waals surface area contributed by atoms with Crippen LogP contribution in [0.4, 0.5) is 17.1 Å². The molecule has 1 unspecified atom stereocenters. The van der Waals surface area contributed by atoms with Gasteiger partial charge in [0.1, 0.15) is 11.8 Å². The number of carbonyl (C=O) groups is 4. The molecule has 1 aromatic heterocycles. The average molecular weight is 710 g/mol. The van der Waals surface area contributed by atoms with E-state index in [1.54, 1.807) is 19.2 Å². The highest BCUT2D eigenvalue weighted by Crippen LogP contribution is 2.45. The molecule has 3 N–H and O–H groups in total. The number of nitrogens with two attached hydrogens (primary N) is 1. The summed E-state index contributed by atoms with van der Waals surface area (Å²) < 4.78 is 7.43. The summed E-state index contributed by atoms with van der Waals surface area (Å²) in [7, 11) is 3.60. The molecule has 8 rings (SSSR count). The van der Waals surface area contributed by atoms with Crippen molar-refractivity contribution in [2.45, 2.75) is 44.6 Å². The van der Waals surface area contributed by atoms with E-state index in [-0.39, 0.29) is 18.7 Å². The van der Waals surface area contributed by atoms with Gasteiger partial charge in [-0.3, -0.25) is 43.9 Å². The molecule has 1 spiro atoms. The summed E-state index contributed by atoms with van der Waals surface area (Å²) in [4.78, 5) is 61.4. The van der Waals surface area contributed by atoms with Crippen LogP contribution in [0.15, 0.2) is 42.7 Å². The molecule has 52 heavy (non-hydrogen) atoms. The SMILES string of the molecule is COc1cc(N2CCC3(CCN(CN4CCN(c5ccc6c(c5)C(=O)N(C5CCC(=O)NC5=O)C6=O)CC4)CC3)CC2)c(-c2cnn(C)c2)cc1N. The number of rotatable bonds is 7. The third-order valence-corrected chi connectivity index (χ3v) is 12.0. The summed E-state index contributed by atoms with van der Waals surface area (Å²) in [6.07, 6.45) is 8.92. The topological polar surface area (TPSA) is 150 Å². The van der Waals surface area contributed by atoms with Gasteiger partial charge in [-0.1, -0.05) is 0 Å². The van der Waals surface area contributed by atoms with Crippen LogP contribution in [0.2, 0.25) is 0 Å². The molecule has 4 fully saturated rings. The third-order valence-electron chi connectivity index (χ3n) is 12.0. The van der Waals surface area contributed by atoms with Crippen LogP contribution in [0, 0.1) is 5.41 Å². The van der Waals surface area contributed by atoms with Crippen molar-refractivity contribution in [3.8, 4) is 16.9 Å². The van der Waals surface area contributed by atoms with Crippen LogP contribution in [-0.2, 0) is 16.6 Å². The molecule has 6 heterocycles. The molecule has 4 amide bonds. The summed E-state index contributed by atoms with van der Waals surface area (Å²) in [5, 5.41) is 6.65. The molecule has 0 radical (unpaired) electrons. The standard InChI is InChI=1S/C38H47N9O5/c1-42-23-25(22-40-42)28-20-30(39)33(52-2)21-32(28)46-13-9-38(10-14-46)7-11-43(12-8-38)24-44-15-17-45(18-16-44)26-3-4-27-29(19-26)37(51)47(36(27)50)31-5-6-34(48)41-35(31)49/h3-4,19-23,31H,5-18,24,39H2,1-2H3,(H,41,48,49). The number of benzene rings is 2. The predicted molar refractivity (Wildman–Crippen MR) is 196 cm³/mol. The number of hydrogen-bond acceptors (Lipinski definition) is 11. The minimum atomic E-state index is -0.958. The number of fused-ring (bicyclic) bond motifs is 1. The van der Waals surface area contributed by atoms with Gasteiger partial charge in [0.15, 0.2) is 0 Å². The number of nitrogens with one attached hydrogen (secondary N) is 1. The number of likely N-dealkylation sites (tertiary alicyclic amines) is 1. The van der Waals surface area contributed by atoms with Gasteiger partial charge in [0.2, 0.25) is 11.8 Å². The molecule has 3 aromatic rings. The molecular formula is C38H47N9O5. The van der Waals surface area contributed by atoms with Crippen molar-refractivity contribution in [1.82, 2.24) is 29.8 Å². The van der Waals surface area contributed by atoms with E-state index >= 15 is 0 Å². The van der Waals surface area contributed by atoms with Gasteiger partial charge in [-0.25, -0.2) is 0 Å². The Bertz CT molecular complexity index is 1900. The molecule has 14 heteroatoms. The first-order valence-electron chi connectivity index (χ1n) is 18.4. The van der Waals surface area contributed by atoms with Crippen LogP contribution in [0.1, 0.15) is 59.2 Å². The van der Waals surface area contributed by atoms with Crippen LogP contribution in [0.25, 0.3) is 11.1 Å². The molecule has 1 atom stereocenters. The quantitative estimate of drug-likeness (QED) is 0.275. The fourth-order valence-electron chi connectivity index (χ4n) is 8.79. The number of piperazine rings is 1. The van der Waals surface area contributed by atoms with E-state index < -0.39 is 23.8 Å². The zero-order chi connectivity index (χ0) is 36.1. The van der Waals surface area contributed by atoms with E-state index in [1.165, 1.54) is 25.7 Å². The number of imide groups is 2. The average Bonchev–Trinajstić information content (AvgIpc) is 3.69. The summed E-state index contributed by atoms with van der Waals surface area (Å²) in [6.45, 7) is 8.61. The Morgan fingerprint density at radius 3 is 2.21 bits per heavy atom. The van der Waals surface area contributed by atoms with E-state index in [9.17, 15) is 19.2 Å². The molecule has 0 aliphatic carbocycles. The Labute approximate surface area is 303 Å². The van der Waals surface area contributed by atoms with E-state index in [4.69, 9.17) is 10.5 Å². The largest absolute Gasteiger partial charge is 0.495 e. The van der Waals surface area contributed by atoms with Crippen molar-refractivity contribution in [3.05, 3.63) is 53.9 Å². The Morgan fingerprint density at radius 2 is 1.54 bits per heavy atom. The normalized spacial score (nSPS) is 22.7. The van der Waals surface area contributed by atoms with Crippen LogP contribution in [0.3, 0.4) is 0 Å². The molecule has 5 aliphatic rings. The number of anilines is 3. The Balaban J connectivity index is 0.831. The van der Waals surface area contributed by atoms with Gasteiger partial charge in [0, 0.05) is 87.5 Å². The fourth-order valence-corrected chi connectivity index (χ4v) is 8.79. The van der Waals surface area contributed by atoms with Crippen molar-refractivity contribution in [2.24, 2.45) is 12.5 Å². The number of aryl methyl sites for hydroxylation is 1. The number of carbonyl (C=O) groups excluding carboxylic acids is 4. The molecule has 0 saturated carbocycles. The van der Waals surface area contributed by atoms with Crippen LogP contribution in [0.5, 0.6) is 5.75 Å². The first-order valence-corrected chi connectivity index (χ1v) is 18.4. The summed E-state index contributed by atoms with van der Waals surface area (Å²) >= 11 is 0. The lowest BCUT2D eigenvalue weighted by atomic mass is 9.71. The molecule has 274 valence electrons. The van der Waals surface area contributed by atoms with Crippen LogP contribution in [-0.4, -0.2) is 120 Å². The highest BCUT2D eigenvalue weighted by Gasteiger charge is 2.45. The van der Waals surface area contributed by atoms with Crippen LogP contribution >= 0.6 is 0 Å². The van der Waals surface area contributed by atoms with Gasteiger partial charge in [-0.2, -0.15) is 5.10 Å². The van der Waals surface area contributed by atoms with Crippen molar-refractivity contribution in [1.29, 1.82) is 0 Å². The maximum Gasteiger partial charge on any atom is 0.262 e. The van der Waals surface area contributed by atoms with Gasteiger partial charge in [0.25, 0.3) is 11.8 Å². The highest BCUT2D eigenvalue weighted by molar-refractivity contribution is 6.23. The van der Waals surface area contributed by atoms with Gasteiger partial charge in [-0.15, -0.1) is 0 Å². The first-order chi connectivity index (χ1) is 25.1. The van der Waals surface area contributed by atoms with Crippen molar-refractivity contribution >= 4 is 40.7 Å². The maximum atomic E-state index is 13.3. The molecule has 0 bridgehead atoms. The van der Waals surface area contributed by atoms with Gasteiger partial charge in [-0.05, 0) is 74.9 Å². The van der Waals surface area contributed by atoms with Crippen molar-refractivity contribution < 1.29 is 23.9 Å². The predicted octanol–water partition coefficient (Wildman–Crippen LogP) is 2.54. The number of nitrogens with zero attached hydrogens (tertiary/aromatic N) is 7. The molecule has 4 saturated heterocycles. The Morgan fingerprint density at radius 1 is 0.846 bits per heavy atom. The minimum Gasteiger partial charge on any atom is -0.495 e. The number of piperidine rings is 3. The second-order valence-corrected chi connectivity index (χ2v) is 15.0. The van der Waals surface area contributed by atoms with Gasteiger partial charge in [0.05, 0.1) is 36.8 Å². The minimum absolute atomic E-state index is 0.104. The lowest BCUT2D eigenvalue weighted by Gasteiger charge is -2.48. The lowest BCUT2D eigenvalue weighted by molar-refractivity contribution is -0.136. The van der Waals surface area contributed by atoms with E-state index in [2.05, 4.69) is 36.1 Å². The van der Waals surface area contributed by atoms with E-state index in [0.29, 0.717) is 28.0 Å². The Hall–Kier alpha value is -4.95. The van der Waals surface area contributed by atoms with Gasteiger partial charge < -0.3 is 20.3 Å². The first kappa shape index (κ1) is 34.2. The second-order valence-electron chi connectivity index (χ2n) is 15.0. The second kappa shape index (κ2) is 13.6. The Kier molecular flexibility index (Phi) is 8.90. The maximum absolute atomic E-state index is 13.3. The number of methoxy groups -OCH3 is 1. The molecule has 2 aromatic carbocycles. The molecule has 14 nitrogen and oxygen atoms in total. The van der Waals surface area contributed by atoms with E-state index in [0.717, 1.165) is 86.4 Å². The number of ether oxygens (including phenoxy) is 1. The van der Waals surface area contributed by atoms with Gasteiger partial charge >= 0.3 is 0 Å². The fraction of sp³-hybridized carbons (Fsp3) is 0.500. The monoisotopic (exact) mass is 709 g/mol.